The van der Waals surface area contributed by atoms with Gasteiger partial charge in [0.25, 0.3) is 5.88 Å². The molecule has 0 unspecified atom stereocenters. The third-order valence-corrected chi connectivity index (χ3v) is 2.98. The molecule has 8 heteroatoms. The molecule has 8 nitrogen and oxygen atoms in total. The minimum Gasteiger partial charge on any atom is -0.434 e. The van der Waals surface area contributed by atoms with Crippen molar-refractivity contribution in [3.05, 3.63) is 46.4 Å². The van der Waals surface area contributed by atoms with E-state index in [1.807, 2.05) is 0 Å². The van der Waals surface area contributed by atoms with Gasteiger partial charge in [0.15, 0.2) is 0 Å². The van der Waals surface area contributed by atoms with E-state index in [2.05, 4.69) is 15.1 Å². The van der Waals surface area contributed by atoms with Crippen LogP contribution in [0.2, 0.25) is 0 Å². The number of benzene rings is 1. The number of nitro groups is 1. The molecule has 0 fully saturated rings. The van der Waals surface area contributed by atoms with Gasteiger partial charge in [0.2, 0.25) is 0 Å². The normalized spacial score (nSPS) is 10.8. The fraction of sp³-hybridized carbons (Fsp3) is 0.154. The minimum atomic E-state index is -0.501. The van der Waals surface area contributed by atoms with E-state index in [9.17, 15) is 10.1 Å². The monoisotopic (exact) mass is 285 g/mol. The van der Waals surface area contributed by atoms with E-state index >= 15 is 0 Å². The molecule has 106 valence electrons. The number of aromatic nitrogens is 4. The van der Waals surface area contributed by atoms with E-state index < -0.39 is 4.92 Å². The van der Waals surface area contributed by atoms with Gasteiger partial charge in [-0.3, -0.25) is 20.1 Å². The highest BCUT2D eigenvalue weighted by molar-refractivity contribution is 5.75. The third kappa shape index (κ3) is 2.27. The summed E-state index contributed by atoms with van der Waals surface area (Å²) in [5.74, 6) is 0.523. The highest BCUT2D eigenvalue weighted by Crippen LogP contribution is 2.33. The number of fused-ring (bicyclic) bond motifs is 1. The van der Waals surface area contributed by atoms with Crippen LogP contribution in [0.15, 0.2) is 30.6 Å². The maximum Gasteiger partial charge on any atom is 0.353 e. The summed E-state index contributed by atoms with van der Waals surface area (Å²) in [4.78, 5) is 18.9. The number of rotatable bonds is 3. The number of nitrogens with zero attached hydrogens (tertiary/aromatic N) is 5. The van der Waals surface area contributed by atoms with Gasteiger partial charge in [-0.05, 0) is 19.1 Å². The molecule has 0 N–H and O–H groups in total. The van der Waals surface area contributed by atoms with Gasteiger partial charge >= 0.3 is 5.69 Å². The van der Waals surface area contributed by atoms with Crippen LogP contribution >= 0.6 is 0 Å². The molecule has 2 heterocycles. The SMILES string of the molecule is Cc1nn(C)c(Oc2ccc3nccnc3c2)c1[N+](=O)[O-]. The maximum atomic E-state index is 11.1. The van der Waals surface area contributed by atoms with Crippen molar-refractivity contribution in [3.8, 4) is 11.6 Å². The van der Waals surface area contributed by atoms with Crippen LogP contribution in [-0.2, 0) is 7.05 Å². The summed E-state index contributed by atoms with van der Waals surface area (Å²) in [6.07, 6.45) is 3.17. The van der Waals surface area contributed by atoms with Gasteiger partial charge in [-0.15, -0.1) is 0 Å². The van der Waals surface area contributed by atoms with Crippen molar-refractivity contribution < 1.29 is 9.66 Å². The highest BCUT2D eigenvalue weighted by atomic mass is 16.6. The Morgan fingerprint density at radius 1 is 1.24 bits per heavy atom. The molecule has 1 aromatic carbocycles. The molecule has 3 rings (SSSR count). The lowest BCUT2D eigenvalue weighted by atomic mass is 10.3. The second-order valence-corrected chi connectivity index (χ2v) is 4.43. The van der Waals surface area contributed by atoms with Crippen molar-refractivity contribution in [1.82, 2.24) is 19.7 Å². The molecule has 0 aliphatic rings. The van der Waals surface area contributed by atoms with Crippen molar-refractivity contribution >= 4 is 16.7 Å². The summed E-state index contributed by atoms with van der Waals surface area (Å²) in [6, 6.07) is 5.10. The van der Waals surface area contributed by atoms with E-state index in [4.69, 9.17) is 4.74 Å². The smallest absolute Gasteiger partial charge is 0.353 e. The Labute approximate surface area is 119 Å². The zero-order valence-electron chi connectivity index (χ0n) is 11.3. The number of hydrogen-bond donors (Lipinski definition) is 0. The molecule has 0 saturated carbocycles. The number of hydrogen-bond acceptors (Lipinski definition) is 6. The molecular formula is C13H11N5O3. The van der Waals surface area contributed by atoms with Gasteiger partial charge < -0.3 is 4.74 Å². The van der Waals surface area contributed by atoms with E-state index in [1.54, 1.807) is 44.6 Å². The molecule has 0 radical (unpaired) electrons. The fourth-order valence-corrected chi connectivity index (χ4v) is 2.07. The van der Waals surface area contributed by atoms with Gasteiger partial charge in [0, 0.05) is 25.5 Å². The number of ether oxygens (including phenoxy) is 1. The van der Waals surface area contributed by atoms with Crippen LogP contribution in [0, 0.1) is 17.0 Å². The van der Waals surface area contributed by atoms with Gasteiger partial charge in [0.05, 0.1) is 16.0 Å². The zero-order chi connectivity index (χ0) is 15.0. The fourth-order valence-electron chi connectivity index (χ4n) is 2.07. The lowest BCUT2D eigenvalue weighted by Gasteiger charge is -2.05. The Morgan fingerprint density at radius 3 is 2.67 bits per heavy atom. The maximum absolute atomic E-state index is 11.1. The first-order valence-corrected chi connectivity index (χ1v) is 6.13. The van der Waals surface area contributed by atoms with Crippen LogP contribution in [0.5, 0.6) is 11.6 Å². The molecule has 0 spiro atoms. The summed E-state index contributed by atoms with van der Waals surface area (Å²) in [5, 5.41) is 15.1. The van der Waals surface area contributed by atoms with Crippen molar-refractivity contribution in [1.29, 1.82) is 0 Å². The van der Waals surface area contributed by atoms with Gasteiger partial charge in [-0.1, -0.05) is 0 Å². The van der Waals surface area contributed by atoms with Crippen molar-refractivity contribution in [2.75, 3.05) is 0 Å². The van der Waals surface area contributed by atoms with Crippen LogP contribution in [0.3, 0.4) is 0 Å². The van der Waals surface area contributed by atoms with Crippen molar-refractivity contribution in [2.24, 2.45) is 7.05 Å². The average Bonchev–Trinajstić information content (AvgIpc) is 2.73. The Morgan fingerprint density at radius 2 is 1.95 bits per heavy atom. The Hall–Kier alpha value is -3.03. The van der Waals surface area contributed by atoms with Gasteiger partial charge in [-0.25, -0.2) is 4.68 Å². The molecule has 0 amide bonds. The summed E-state index contributed by atoms with van der Waals surface area (Å²) in [5.41, 5.74) is 1.53. The van der Waals surface area contributed by atoms with Crippen LogP contribution in [0.1, 0.15) is 5.69 Å². The third-order valence-electron chi connectivity index (χ3n) is 2.98. The zero-order valence-corrected chi connectivity index (χ0v) is 11.3. The first-order chi connectivity index (χ1) is 10.1. The lowest BCUT2D eigenvalue weighted by Crippen LogP contribution is -1.97. The molecule has 0 aliphatic carbocycles. The second-order valence-electron chi connectivity index (χ2n) is 4.43. The predicted octanol–water partition coefficient (Wildman–Crippen LogP) is 2.37. The van der Waals surface area contributed by atoms with Crippen LogP contribution in [0.4, 0.5) is 5.69 Å². The second kappa shape index (κ2) is 4.82. The summed E-state index contributed by atoms with van der Waals surface area (Å²) >= 11 is 0. The first kappa shape index (κ1) is 13.0. The van der Waals surface area contributed by atoms with Crippen molar-refractivity contribution in [2.45, 2.75) is 6.92 Å². The molecule has 3 aromatic rings. The van der Waals surface area contributed by atoms with Crippen LogP contribution in [0.25, 0.3) is 11.0 Å². The Kier molecular flexibility index (Phi) is 2.98. The Balaban J connectivity index is 2.04. The highest BCUT2D eigenvalue weighted by Gasteiger charge is 2.26. The van der Waals surface area contributed by atoms with Crippen molar-refractivity contribution in [3.63, 3.8) is 0 Å². The standard InChI is InChI=1S/C13H11N5O3/c1-8-12(18(19)20)13(17(2)16-8)21-9-3-4-10-11(7-9)15-6-5-14-10/h3-7H,1-2H3. The van der Waals surface area contributed by atoms with E-state index in [-0.39, 0.29) is 11.6 Å². The van der Waals surface area contributed by atoms with Gasteiger partial charge in [0.1, 0.15) is 11.4 Å². The minimum absolute atomic E-state index is 0.0840. The summed E-state index contributed by atoms with van der Waals surface area (Å²) in [6.45, 7) is 1.57. The quantitative estimate of drug-likeness (QED) is 0.541. The van der Waals surface area contributed by atoms with Crippen LogP contribution < -0.4 is 4.74 Å². The van der Waals surface area contributed by atoms with Gasteiger partial charge in [-0.2, -0.15) is 5.10 Å². The topological polar surface area (TPSA) is 96.0 Å². The average molecular weight is 285 g/mol. The van der Waals surface area contributed by atoms with Crippen LogP contribution in [-0.4, -0.2) is 24.7 Å². The molecule has 0 aliphatic heterocycles. The molecular weight excluding hydrogens is 274 g/mol. The molecule has 0 saturated heterocycles. The molecule has 21 heavy (non-hydrogen) atoms. The predicted molar refractivity (Wildman–Crippen MR) is 74.2 cm³/mol. The van der Waals surface area contributed by atoms with E-state index in [0.29, 0.717) is 17.0 Å². The summed E-state index contributed by atoms with van der Waals surface area (Å²) in [7, 11) is 1.59. The molecule has 2 aromatic heterocycles. The molecule has 0 bridgehead atoms. The number of aryl methyl sites for hydroxylation is 2. The first-order valence-electron chi connectivity index (χ1n) is 6.13. The Bertz CT molecular complexity index is 843. The lowest BCUT2D eigenvalue weighted by molar-refractivity contribution is -0.386. The molecule has 0 atom stereocenters. The largest absolute Gasteiger partial charge is 0.434 e. The summed E-state index contributed by atoms with van der Waals surface area (Å²) < 4.78 is 6.96. The van der Waals surface area contributed by atoms with E-state index in [1.165, 1.54) is 4.68 Å². The van der Waals surface area contributed by atoms with E-state index in [0.717, 1.165) is 5.52 Å².